The summed E-state index contributed by atoms with van der Waals surface area (Å²) in [7, 11) is 3.21. The van der Waals surface area contributed by atoms with E-state index in [4.69, 9.17) is 33.5 Å². The van der Waals surface area contributed by atoms with Crippen molar-refractivity contribution in [2.24, 2.45) is 20.9 Å². The van der Waals surface area contributed by atoms with E-state index in [0.717, 1.165) is 5.56 Å². The van der Waals surface area contributed by atoms with Crippen molar-refractivity contribution in [3.63, 3.8) is 0 Å². The van der Waals surface area contributed by atoms with E-state index in [-0.39, 0.29) is 17.5 Å². The number of aliphatic imine (C=N–C) groups is 3. The molecule has 0 saturated heterocycles. The molecule has 0 bridgehead atoms. The zero-order valence-corrected chi connectivity index (χ0v) is 18.2. The summed E-state index contributed by atoms with van der Waals surface area (Å²) in [5, 5.41) is 4.08. The minimum absolute atomic E-state index is 0.178. The molecule has 3 heterocycles. The molecule has 0 fully saturated rings. The lowest BCUT2D eigenvalue weighted by atomic mass is 10.0. The minimum Gasteiger partial charge on any atom is -0.483 e. The highest BCUT2D eigenvalue weighted by Gasteiger charge is 2.36. The van der Waals surface area contributed by atoms with Gasteiger partial charge < -0.3 is 23.5 Å². The Kier molecular flexibility index (Phi) is 6.14. The highest BCUT2D eigenvalue weighted by molar-refractivity contribution is 5.96. The fourth-order valence-electron chi connectivity index (χ4n) is 3.28. The molecule has 160 valence electrons. The standard InChI is InChI=1S/C20H30N4O5/c1-8-27-16-12(15(29-24-16)19-23-20(4,5)10-28-19)9-13-17(25-6)22-14(11(2)3)18(21-13)26-7/h11,13-14H,8-10H2,1-7H3/t13-,14?/m1/s1. The van der Waals surface area contributed by atoms with Gasteiger partial charge in [0.15, 0.2) is 0 Å². The molecule has 2 aliphatic rings. The van der Waals surface area contributed by atoms with Gasteiger partial charge in [-0.2, -0.15) is 0 Å². The second kappa shape index (κ2) is 8.42. The summed E-state index contributed by atoms with van der Waals surface area (Å²) in [5.41, 5.74) is 0.404. The molecule has 1 unspecified atom stereocenters. The van der Waals surface area contributed by atoms with Crippen molar-refractivity contribution >= 4 is 17.7 Å². The number of hydrogen-bond acceptors (Lipinski definition) is 9. The topological polar surface area (TPSA) is 100 Å². The molecule has 0 spiro atoms. The summed E-state index contributed by atoms with van der Waals surface area (Å²) in [6.45, 7) is 11.0. The Balaban J connectivity index is 1.97. The first-order valence-corrected chi connectivity index (χ1v) is 9.87. The van der Waals surface area contributed by atoms with Crippen LogP contribution in [0.25, 0.3) is 0 Å². The average molecular weight is 406 g/mol. The third kappa shape index (κ3) is 4.38. The van der Waals surface area contributed by atoms with Gasteiger partial charge in [-0.25, -0.2) is 15.0 Å². The summed E-state index contributed by atoms with van der Waals surface area (Å²) in [4.78, 5) is 14.1. The van der Waals surface area contributed by atoms with E-state index in [0.29, 0.717) is 49.0 Å². The van der Waals surface area contributed by atoms with Crippen LogP contribution in [0.4, 0.5) is 0 Å². The molecule has 0 aliphatic carbocycles. The van der Waals surface area contributed by atoms with E-state index in [2.05, 4.69) is 24.0 Å². The molecule has 2 aliphatic heterocycles. The fourth-order valence-corrected chi connectivity index (χ4v) is 3.28. The van der Waals surface area contributed by atoms with Gasteiger partial charge in [-0.3, -0.25) is 0 Å². The van der Waals surface area contributed by atoms with Gasteiger partial charge in [0.2, 0.25) is 17.6 Å². The van der Waals surface area contributed by atoms with Crippen LogP contribution in [0.3, 0.4) is 0 Å². The number of hydrogen-bond donors (Lipinski definition) is 0. The number of rotatable bonds is 6. The van der Waals surface area contributed by atoms with E-state index in [1.165, 1.54) is 0 Å². The van der Waals surface area contributed by atoms with Crippen LogP contribution in [0.1, 0.15) is 45.9 Å². The van der Waals surface area contributed by atoms with Gasteiger partial charge in [-0.15, -0.1) is 0 Å². The molecule has 0 radical (unpaired) electrons. The molecule has 0 N–H and O–H groups in total. The van der Waals surface area contributed by atoms with Crippen molar-refractivity contribution in [1.29, 1.82) is 0 Å². The Hall–Kier alpha value is -2.58. The zero-order chi connectivity index (χ0) is 21.2. The predicted octanol–water partition coefficient (Wildman–Crippen LogP) is 2.67. The van der Waals surface area contributed by atoms with Gasteiger partial charge in [-0.05, 0) is 31.8 Å². The third-order valence-corrected chi connectivity index (χ3v) is 4.73. The largest absolute Gasteiger partial charge is 0.483 e. The van der Waals surface area contributed by atoms with Crippen molar-refractivity contribution in [1.82, 2.24) is 5.16 Å². The maximum atomic E-state index is 5.76. The molecule has 3 rings (SSSR count). The smallest absolute Gasteiger partial charge is 0.258 e. The summed E-state index contributed by atoms with van der Waals surface area (Å²) in [5.74, 6) is 2.62. The first-order valence-electron chi connectivity index (χ1n) is 9.87. The molecule has 9 nitrogen and oxygen atoms in total. The fraction of sp³-hybridized carbons (Fsp3) is 0.700. The molecule has 2 atom stereocenters. The van der Waals surface area contributed by atoms with Gasteiger partial charge in [0.25, 0.3) is 11.8 Å². The lowest BCUT2D eigenvalue weighted by molar-refractivity contribution is 0.268. The van der Waals surface area contributed by atoms with Crippen LogP contribution in [-0.4, -0.2) is 67.9 Å². The minimum atomic E-state index is -0.391. The second-order valence-electron chi connectivity index (χ2n) is 8.00. The number of methoxy groups -OCH3 is 2. The lowest BCUT2D eigenvalue weighted by Crippen LogP contribution is -2.38. The quantitative estimate of drug-likeness (QED) is 0.720. The SMILES string of the molecule is CCOc1noc(C2=NC(C)(C)CO2)c1C[C@H]1N=C(OC)C(C(C)C)N=C1OC. The van der Waals surface area contributed by atoms with Crippen molar-refractivity contribution in [3.05, 3.63) is 11.3 Å². The van der Waals surface area contributed by atoms with Gasteiger partial charge in [0.05, 0.1) is 31.9 Å². The monoisotopic (exact) mass is 406 g/mol. The Morgan fingerprint density at radius 2 is 1.86 bits per heavy atom. The Labute approximate surface area is 171 Å². The molecule has 0 aromatic carbocycles. The maximum Gasteiger partial charge on any atom is 0.258 e. The molecule has 0 saturated carbocycles. The molecular weight excluding hydrogens is 376 g/mol. The van der Waals surface area contributed by atoms with Crippen LogP contribution >= 0.6 is 0 Å². The molecule has 1 aromatic heterocycles. The van der Waals surface area contributed by atoms with Gasteiger partial charge in [0.1, 0.15) is 18.7 Å². The predicted molar refractivity (Wildman–Crippen MR) is 109 cm³/mol. The molecule has 29 heavy (non-hydrogen) atoms. The van der Waals surface area contributed by atoms with Crippen molar-refractivity contribution in [2.75, 3.05) is 27.4 Å². The summed E-state index contributed by atoms with van der Waals surface area (Å²) in [6.07, 6.45) is 0.404. The normalized spacial score (nSPS) is 23.2. The van der Waals surface area contributed by atoms with Crippen LogP contribution in [0.2, 0.25) is 0 Å². The number of nitrogens with zero attached hydrogens (tertiary/aromatic N) is 4. The second-order valence-corrected chi connectivity index (χ2v) is 8.00. The van der Waals surface area contributed by atoms with Crippen LogP contribution in [0, 0.1) is 5.92 Å². The number of ether oxygens (including phenoxy) is 4. The molecule has 0 amide bonds. The Morgan fingerprint density at radius 1 is 1.14 bits per heavy atom. The van der Waals surface area contributed by atoms with Crippen LogP contribution in [0.5, 0.6) is 5.88 Å². The van der Waals surface area contributed by atoms with Crippen molar-refractivity contribution in [2.45, 2.75) is 58.7 Å². The zero-order valence-electron chi connectivity index (χ0n) is 18.2. The van der Waals surface area contributed by atoms with E-state index >= 15 is 0 Å². The maximum absolute atomic E-state index is 5.76. The number of aromatic nitrogens is 1. The summed E-state index contributed by atoms with van der Waals surface area (Å²) >= 11 is 0. The first-order chi connectivity index (χ1) is 13.8. The van der Waals surface area contributed by atoms with Gasteiger partial charge in [0, 0.05) is 6.42 Å². The molecular formula is C20H30N4O5. The Morgan fingerprint density at radius 3 is 2.41 bits per heavy atom. The van der Waals surface area contributed by atoms with Gasteiger partial charge in [-0.1, -0.05) is 13.8 Å². The van der Waals surface area contributed by atoms with Crippen LogP contribution < -0.4 is 4.74 Å². The summed E-state index contributed by atoms with van der Waals surface area (Å²) < 4.78 is 28.1. The van der Waals surface area contributed by atoms with Crippen molar-refractivity contribution in [3.8, 4) is 5.88 Å². The van der Waals surface area contributed by atoms with E-state index in [1.54, 1.807) is 14.2 Å². The average Bonchev–Trinajstić information content (AvgIpc) is 3.24. The molecule has 9 heteroatoms. The molecule has 1 aromatic rings. The van der Waals surface area contributed by atoms with E-state index in [9.17, 15) is 0 Å². The summed E-state index contributed by atoms with van der Waals surface area (Å²) in [6, 6.07) is -0.569. The Bertz CT molecular complexity index is 825. The van der Waals surface area contributed by atoms with Crippen molar-refractivity contribution < 1.29 is 23.5 Å². The lowest BCUT2D eigenvalue weighted by Gasteiger charge is -2.27. The van der Waals surface area contributed by atoms with Gasteiger partial charge >= 0.3 is 0 Å². The highest BCUT2D eigenvalue weighted by atomic mass is 16.6. The first kappa shape index (κ1) is 21.1. The highest BCUT2D eigenvalue weighted by Crippen LogP contribution is 2.30. The third-order valence-electron chi connectivity index (χ3n) is 4.73. The van der Waals surface area contributed by atoms with Crippen LogP contribution in [-0.2, 0) is 20.6 Å². The van der Waals surface area contributed by atoms with E-state index in [1.807, 2.05) is 20.8 Å². The van der Waals surface area contributed by atoms with E-state index < -0.39 is 6.04 Å². The van der Waals surface area contributed by atoms with Crippen LogP contribution in [0.15, 0.2) is 19.5 Å².